The molecule has 0 radical (unpaired) electrons. The van der Waals surface area contributed by atoms with Crippen LogP contribution in [0.25, 0.3) is 0 Å². The molecule has 0 rings (SSSR count). The molecule has 3 N–H and O–H groups in total. The van der Waals surface area contributed by atoms with Crippen LogP contribution in [0.15, 0.2) is 36.5 Å². The van der Waals surface area contributed by atoms with E-state index in [1.807, 2.05) is 6.08 Å². The maximum absolute atomic E-state index is 12.5. The molecule has 0 bridgehead atoms. The number of aliphatic hydroxyl groups is 2. The van der Waals surface area contributed by atoms with Crippen LogP contribution in [-0.2, 0) is 14.3 Å². The van der Waals surface area contributed by atoms with Crippen LogP contribution < -0.4 is 5.32 Å². The predicted molar refractivity (Wildman–Crippen MR) is 319 cm³/mol. The molecular weight excluding hydrogens is 899 g/mol. The molecular formula is C67H127NO5. The van der Waals surface area contributed by atoms with Crippen molar-refractivity contribution >= 4 is 11.9 Å². The van der Waals surface area contributed by atoms with E-state index in [9.17, 15) is 19.8 Å². The van der Waals surface area contributed by atoms with Gasteiger partial charge in [-0.05, 0) is 64.2 Å². The number of carbonyl (C=O) groups excluding carboxylic acids is 2. The summed E-state index contributed by atoms with van der Waals surface area (Å²) in [6, 6.07) is -0.625. The molecule has 0 aliphatic carbocycles. The fourth-order valence-electron chi connectivity index (χ4n) is 10.1. The Balaban J connectivity index is 3.35. The van der Waals surface area contributed by atoms with Gasteiger partial charge in [-0.3, -0.25) is 9.59 Å². The van der Waals surface area contributed by atoms with Gasteiger partial charge < -0.3 is 20.3 Å². The number of ether oxygens (including phenoxy) is 1. The van der Waals surface area contributed by atoms with E-state index >= 15 is 0 Å². The number of carbonyl (C=O) groups is 2. The number of esters is 1. The summed E-state index contributed by atoms with van der Waals surface area (Å²) in [5.41, 5.74) is 0. The minimum Gasteiger partial charge on any atom is -0.466 e. The summed E-state index contributed by atoms with van der Waals surface area (Å²) in [6.07, 6.45) is 79.2. The third-order valence-corrected chi connectivity index (χ3v) is 15.2. The second-order valence-electron chi connectivity index (χ2n) is 22.5. The lowest BCUT2D eigenvalue weighted by molar-refractivity contribution is -0.143. The monoisotopic (exact) mass is 1030 g/mol. The molecule has 2 unspecified atom stereocenters. The Kier molecular flexibility index (Phi) is 61.0. The molecule has 6 nitrogen and oxygen atoms in total. The van der Waals surface area contributed by atoms with Crippen molar-refractivity contribution in [3.63, 3.8) is 0 Å². The van der Waals surface area contributed by atoms with Gasteiger partial charge in [0, 0.05) is 12.8 Å². The van der Waals surface area contributed by atoms with Gasteiger partial charge in [0.25, 0.3) is 0 Å². The van der Waals surface area contributed by atoms with E-state index in [0.717, 1.165) is 51.4 Å². The second-order valence-corrected chi connectivity index (χ2v) is 22.5. The molecule has 6 heteroatoms. The molecule has 0 saturated carbocycles. The average Bonchev–Trinajstić information content (AvgIpc) is 3.39. The van der Waals surface area contributed by atoms with Crippen molar-refractivity contribution in [1.29, 1.82) is 0 Å². The van der Waals surface area contributed by atoms with Gasteiger partial charge in [0.1, 0.15) is 0 Å². The first kappa shape index (κ1) is 71.1. The Bertz CT molecular complexity index is 1180. The number of unbranched alkanes of at least 4 members (excludes halogenated alkanes) is 46. The largest absolute Gasteiger partial charge is 0.466 e. The lowest BCUT2D eigenvalue weighted by Gasteiger charge is -2.20. The highest BCUT2D eigenvalue weighted by atomic mass is 16.5. The lowest BCUT2D eigenvalue weighted by Crippen LogP contribution is -2.45. The zero-order chi connectivity index (χ0) is 52.9. The Morgan fingerprint density at radius 2 is 0.685 bits per heavy atom. The van der Waals surface area contributed by atoms with Crippen LogP contribution in [0, 0.1) is 0 Å². The third kappa shape index (κ3) is 59.2. The highest BCUT2D eigenvalue weighted by molar-refractivity contribution is 5.76. The number of amides is 1. The molecule has 73 heavy (non-hydrogen) atoms. The molecule has 0 spiro atoms. The van der Waals surface area contributed by atoms with Crippen LogP contribution in [0.2, 0.25) is 0 Å². The van der Waals surface area contributed by atoms with E-state index in [4.69, 9.17) is 4.74 Å². The van der Waals surface area contributed by atoms with E-state index in [1.54, 1.807) is 6.08 Å². The van der Waals surface area contributed by atoms with Gasteiger partial charge in [-0.25, -0.2) is 0 Å². The lowest BCUT2D eigenvalue weighted by atomic mass is 10.0. The Morgan fingerprint density at radius 1 is 0.384 bits per heavy atom. The van der Waals surface area contributed by atoms with Gasteiger partial charge in [-0.2, -0.15) is 0 Å². The minimum atomic E-state index is -0.841. The van der Waals surface area contributed by atoms with Crippen LogP contribution in [0.4, 0.5) is 0 Å². The van der Waals surface area contributed by atoms with Gasteiger partial charge in [0.2, 0.25) is 5.91 Å². The molecule has 0 aliphatic rings. The maximum atomic E-state index is 12.5. The van der Waals surface area contributed by atoms with Crippen LogP contribution in [-0.4, -0.2) is 47.4 Å². The smallest absolute Gasteiger partial charge is 0.305 e. The van der Waals surface area contributed by atoms with E-state index in [0.29, 0.717) is 19.4 Å². The molecule has 0 heterocycles. The van der Waals surface area contributed by atoms with Crippen molar-refractivity contribution in [3.05, 3.63) is 36.5 Å². The van der Waals surface area contributed by atoms with E-state index < -0.39 is 12.1 Å². The van der Waals surface area contributed by atoms with Crippen molar-refractivity contribution in [2.75, 3.05) is 13.2 Å². The van der Waals surface area contributed by atoms with Crippen molar-refractivity contribution in [2.45, 2.75) is 366 Å². The summed E-state index contributed by atoms with van der Waals surface area (Å²) >= 11 is 0. The molecule has 430 valence electrons. The first-order valence-corrected chi connectivity index (χ1v) is 32.8. The maximum Gasteiger partial charge on any atom is 0.305 e. The third-order valence-electron chi connectivity index (χ3n) is 15.2. The predicted octanol–water partition coefficient (Wildman–Crippen LogP) is 20.8. The first-order valence-electron chi connectivity index (χ1n) is 32.8. The summed E-state index contributed by atoms with van der Waals surface area (Å²) in [7, 11) is 0. The topological polar surface area (TPSA) is 95.9 Å². The molecule has 0 fully saturated rings. The Morgan fingerprint density at radius 3 is 1.07 bits per heavy atom. The summed E-state index contributed by atoms with van der Waals surface area (Å²) in [5, 5.41) is 23.1. The zero-order valence-electron chi connectivity index (χ0n) is 49.1. The van der Waals surface area contributed by atoms with Gasteiger partial charge in [0.05, 0.1) is 25.4 Å². The molecule has 0 aromatic heterocycles. The van der Waals surface area contributed by atoms with Crippen molar-refractivity contribution in [1.82, 2.24) is 5.32 Å². The number of hydrogen-bond donors (Lipinski definition) is 3. The quantitative estimate of drug-likeness (QED) is 0.0320. The molecule has 1 amide bonds. The SMILES string of the molecule is CCCCC/C=C\C/C=C\CCCCCCCC(=O)OCCCCCCCCCCCCCCCCCCCCCCCCCCCCCCC(=O)NC(CO)C(O)/C=C/CCCCCCCCCCCCC. The second kappa shape index (κ2) is 62.6. The summed E-state index contributed by atoms with van der Waals surface area (Å²) < 4.78 is 5.48. The van der Waals surface area contributed by atoms with Gasteiger partial charge in [0.15, 0.2) is 0 Å². The summed E-state index contributed by atoms with van der Waals surface area (Å²) in [5.74, 6) is -0.0597. The first-order chi connectivity index (χ1) is 36.0. The average molecular weight is 1030 g/mol. The van der Waals surface area contributed by atoms with Gasteiger partial charge in [-0.15, -0.1) is 0 Å². The molecule has 0 aliphatic heterocycles. The standard InChI is InChI=1S/C67H127NO5/c1-3-5-7-9-11-13-15-17-32-37-41-45-49-53-57-61-67(72)73-62-58-54-50-46-42-38-34-31-29-27-25-23-21-19-18-20-22-24-26-28-30-33-36-40-44-48-52-56-60-66(71)68-64(63-69)65(70)59-55-51-47-43-39-35-16-14-12-10-8-6-4-2/h11,13,17,32,55,59,64-65,69-70H,3-10,12,14-16,18-31,33-54,56-58,60-63H2,1-2H3,(H,68,71)/b13-11-,32-17-,59-55+. The van der Waals surface area contributed by atoms with Crippen LogP contribution >= 0.6 is 0 Å². The van der Waals surface area contributed by atoms with Crippen LogP contribution in [0.3, 0.4) is 0 Å². The van der Waals surface area contributed by atoms with E-state index in [2.05, 4.69) is 43.5 Å². The number of nitrogens with one attached hydrogen (secondary N) is 1. The fraction of sp³-hybridized carbons (Fsp3) is 0.881. The number of aliphatic hydroxyl groups excluding tert-OH is 2. The molecule has 0 saturated heterocycles. The highest BCUT2D eigenvalue weighted by Crippen LogP contribution is 2.18. The highest BCUT2D eigenvalue weighted by Gasteiger charge is 2.18. The number of hydrogen-bond acceptors (Lipinski definition) is 5. The van der Waals surface area contributed by atoms with Crippen LogP contribution in [0.1, 0.15) is 354 Å². The molecule has 0 aromatic rings. The normalized spacial score (nSPS) is 12.8. The van der Waals surface area contributed by atoms with Crippen molar-refractivity contribution in [2.24, 2.45) is 0 Å². The Labute approximate surface area is 455 Å². The summed E-state index contributed by atoms with van der Waals surface area (Å²) in [4.78, 5) is 24.5. The Hall–Kier alpha value is -1.92. The van der Waals surface area contributed by atoms with Gasteiger partial charge in [-0.1, -0.05) is 314 Å². The minimum absolute atomic E-state index is 0.00445. The zero-order valence-corrected chi connectivity index (χ0v) is 49.1. The number of rotatable bonds is 61. The summed E-state index contributed by atoms with van der Waals surface area (Å²) in [6.45, 7) is 4.89. The van der Waals surface area contributed by atoms with Crippen molar-refractivity contribution < 1.29 is 24.5 Å². The fourth-order valence-corrected chi connectivity index (χ4v) is 10.1. The van der Waals surface area contributed by atoms with E-state index in [1.165, 1.54) is 276 Å². The van der Waals surface area contributed by atoms with Crippen molar-refractivity contribution in [3.8, 4) is 0 Å². The molecule has 0 aromatic carbocycles. The molecule has 2 atom stereocenters. The van der Waals surface area contributed by atoms with Gasteiger partial charge >= 0.3 is 5.97 Å². The van der Waals surface area contributed by atoms with E-state index in [-0.39, 0.29) is 18.5 Å². The van der Waals surface area contributed by atoms with Crippen LogP contribution in [0.5, 0.6) is 0 Å². The number of allylic oxidation sites excluding steroid dienone is 5.